The zero-order chi connectivity index (χ0) is 13.1. The van der Waals surface area contributed by atoms with E-state index in [4.69, 9.17) is 15.7 Å². The highest BCUT2D eigenvalue weighted by Gasteiger charge is 2.23. The van der Waals surface area contributed by atoms with Crippen LogP contribution in [0.5, 0.6) is 5.75 Å². The lowest BCUT2D eigenvalue weighted by atomic mass is 10.0. The first-order chi connectivity index (χ1) is 8.61. The van der Waals surface area contributed by atoms with E-state index in [-0.39, 0.29) is 11.9 Å². The van der Waals surface area contributed by atoms with Crippen LogP contribution in [0.3, 0.4) is 0 Å². The lowest BCUT2D eigenvalue weighted by Gasteiger charge is -2.24. The number of nitrogens with one attached hydrogen (secondary N) is 1. The number of hydrogen-bond donors (Lipinski definition) is 2. The van der Waals surface area contributed by atoms with Crippen molar-refractivity contribution < 1.29 is 9.53 Å². The Labute approximate surface area is 106 Å². The molecule has 2 unspecified atom stereocenters. The zero-order valence-electron chi connectivity index (χ0n) is 10.1. The molecular formula is C13H15N3O2. The predicted octanol–water partition coefficient (Wildman–Crippen LogP) is 1.71. The molecule has 1 aliphatic heterocycles. The molecule has 94 valence electrons. The van der Waals surface area contributed by atoms with Gasteiger partial charge in [0.05, 0.1) is 11.8 Å². The molecule has 18 heavy (non-hydrogen) atoms. The first-order valence-corrected chi connectivity index (χ1v) is 5.86. The fourth-order valence-corrected chi connectivity index (χ4v) is 1.84. The minimum absolute atomic E-state index is 0.162. The summed E-state index contributed by atoms with van der Waals surface area (Å²) in [5, 5.41) is 11.3. The van der Waals surface area contributed by atoms with Crippen molar-refractivity contribution in [3.05, 3.63) is 23.8 Å². The quantitative estimate of drug-likeness (QED) is 0.848. The van der Waals surface area contributed by atoms with Gasteiger partial charge in [0.1, 0.15) is 5.75 Å². The number of benzene rings is 1. The molecule has 2 rings (SSSR count). The van der Waals surface area contributed by atoms with Gasteiger partial charge in [0.2, 0.25) is 0 Å². The maximum atomic E-state index is 11.5. The second-order valence-corrected chi connectivity index (χ2v) is 4.31. The summed E-state index contributed by atoms with van der Waals surface area (Å²) < 4.78 is 5.45. The molecule has 0 bridgehead atoms. The molecular weight excluding hydrogens is 230 g/mol. The van der Waals surface area contributed by atoms with E-state index < -0.39 is 6.10 Å². The van der Waals surface area contributed by atoms with Gasteiger partial charge in [-0.15, -0.1) is 0 Å². The van der Waals surface area contributed by atoms with Crippen LogP contribution in [0.1, 0.15) is 31.4 Å². The summed E-state index contributed by atoms with van der Waals surface area (Å²) in [6.45, 7) is 1.70. The average Bonchev–Trinajstić information content (AvgIpc) is 2.36. The van der Waals surface area contributed by atoms with Gasteiger partial charge in [-0.3, -0.25) is 4.79 Å². The molecule has 0 saturated heterocycles. The molecule has 1 aromatic rings. The summed E-state index contributed by atoms with van der Waals surface area (Å²) in [4.78, 5) is 11.5. The zero-order valence-corrected chi connectivity index (χ0v) is 10.1. The first-order valence-electron chi connectivity index (χ1n) is 5.86. The van der Waals surface area contributed by atoms with Gasteiger partial charge < -0.3 is 15.8 Å². The number of fused-ring (bicyclic) bond motifs is 1. The highest BCUT2D eigenvalue weighted by Crippen LogP contribution is 2.32. The summed E-state index contributed by atoms with van der Waals surface area (Å²) in [5.74, 6) is 0.489. The standard InChI is InChI=1S/C13H15N3O2/c1-8-13(17)16-11-7-9(4-5-12(11)18-8)10(15)3-2-6-14/h4-5,7-8,10H,2-3,15H2,1H3,(H,16,17). The summed E-state index contributed by atoms with van der Waals surface area (Å²) in [7, 11) is 0. The Bertz CT molecular complexity index is 507. The van der Waals surface area contributed by atoms with Crippen molar-refractivity contribution in [3.8, 4) is 11.8 Å². The van der Waals surface area contributed by atoms with Crippen LogP contribution in [-0.4, -0.2) is 12.0 Å². The fraction of sp³-hybridized carbons (Fsp3) is 0.385. The second-order valence-electron chi connectivity index (χ2n) is 4.31. The van der Waals surface area contributed by atoms with Crippen molar-refractivity contribution in [2.24, 2.45) is 5.73 Å². The summed E-state index contributed by atoms with van der Waals surface area (Å²) >= 11 is 0. The van der Waals surface area contributed by atoms with Crippen LogP contribution in [0.25, 0.3) is 0 Å². The van der Waals surface area contributed by atoms with Gasteiger partial charge in [0.25, 0.3) is 5.91 Å². The van der Waals surface area contributed by atoms with E-state index in [9.17, 15) is 4.79 Å². The largest absolute Gasteiger partial charge is 0.479 e. The fourth-order valence-electron chi connectivity index (χ4n) is 1.84. The van der Waals surface area contributed by atoms with Crippen molar-refractivity contribution >= 4 is 11.6 Å². The molecule has 0 spiro atoms. The molecule has 1 heterocycles. The average molecular weight is 245 g/mol. The number of anilines is 1. The molecule has 1 amide bonds. The smallest absolute Gasteiger partial charge is 0.265 e. The van der Waals surface area contributed by atoms with Gasteiger partial charge in [-0.2, -0.15) is 5.26 Å². The molecule has 0 radical (unpaired) electrons. The topological polar surface area (TPSA) is 88.1 Å². The number of ether oxygens (including phenoxy) is 1. The second kappa shape index (κ2) is 5.07. The Balaban J connectivity index is 2.20. The van der Waals surface area contributed by atoms with Gasteiger partial charge in [-0.25, -0.2) is 0 Å². The van der Waals surface area contributed by atoms with E-state index in [2.05, 4.69) is 11.4 Å². The number of carbonyl (C=O) groups excluding carboxylic acids is 1. The number of nitriles is 1. The van der Waals surface area contributed by atoms with Crippen molar-refractivity contribution in [1.29, 1.82) is 5.26 Å². The van der Waals surface area contributed by atoms with E-state index in [1.807, 2.05) is 6.07 Å². The molecule has 5 heteroatoms. The number of rotatable bonds is 3. The molecule has 5 nitrogen and oxygen atoms in total. The van der Waals surface area contributed by atoms with Crippen LogP contribution in [0, 0.1) is 11.3 Å². The summed E-state index contributed by atoms with van der Waals surface area (Å²) in [6, 6.07) is 7.34. The van der Waals surface area contributed by atoms with Crippen LogP contribution >= 0.6 is 0 Å². The van der Waals surface area contributed by atoms with Crippen molar-refractivity contribution in [2.75, 3.05) is 5.32 Å². The molecule has 0 aromatic heterocycles. The summed E-state index contributed by atoms with van der Waals surface area (Å²) in [6.07, 6.45) is 0.536. The highest BCUT2D eigenvalue weighted by atomic mass is 16.5. The van der Waals surface area contributed by atoms with Crippen LogP contribution < -0.4 is 15.8 Å². The first kappa shape index (κ1) is 12.4. The Morgan fingerprint density at radius 1 is 1.61 bits per heavy atom. The van der Waals surface area contributed by atoms with Crippen molar-refractivity contribution in [1.82, 2.24) is 0 Å². The molecule has 0 saturated carbocycles. The third-order valence-corrected chi connectivity index (χ3v) is 2.93. The van der Waals surface area contributed by atoms with Gasteiger partial charge >= 0.3 is 0 Å². The Morgan fingerprint density at radius 3 is 3.11 bits per heavy atom. The van der Waals surface area contributed by atoms with Crippen LogP contribution in [0.15, 0.2) is 18.2 Å². The minimum Gasteiger partial charge on any atom is -0.479 e. The number of amides is 1. The number of hydrogen-bond acceptors (Lipinski definition) is 4. The van der Waals surface area contributed by atoms with Crippen molar-refractivity contribution in [3.63, 3.8) is 0 Å². The van der Waals surface area contributed by atoms with E-state index in [0.717, 1.165) is 5.56 Å². The molecule has 1 aliphatic rings. The predicted molar refractivity (Wildman–Crippen MR) is 66.9 cm³/mol. The van der Waals surface area contributed by atoms with Crippen LogP contribution in [0.2, 0.25) is 0 Å². The normalized spacial score (nSPS) is 19.2. The monoisotopic (exact) mass is 245 g/mol. The molecule has 0 aliphatic carbocycles. The third-order valence-electron chi connectivity index (χ3n) is 2.93. The van der Waals surface area contributed by atoms with Gasteiger partial charge in [0, 0.05) is 12.5 Å². The Hall–Kier alpha value is -2.06. The van der Waals surface area contributed by atoms with Crippen molar-refractivity contribution in [2.45, 2.75) is 31.9 Å². The summed E-state index contributed by atoms with van der Waals surface area (Å²) in [5.41, 5.74) is 7.50. The van der Waals surface area contributed by atoms with Crippen LogP contribution in [-0.2, 0) is 4.79 Å². The maximum absolute atomic E-state index is 11.5. The Morgan fingerprint density at radius 2 is 2.39 bits per heavy atom. The number of carbonyl (C=O) groups is 1. The van der Waals surface area contributed by atoms with Gasteiger partial charge in [-0.05, 0) is 31.0 Å². The molecule has 1 aromatic carbocycles. The van der Waals surface area contributed by atoms with E-state index in [1.54, 1.807) is 19.1 Å². The molecule has 2 atom stereocenters. The molecule has 0 fully saturated rings. The van der Waals surface area contributed by atoms with Gasteiger partial charge in [0.15, 0.2) is 6.10 Å². The number of nitrogens with two attached hydrogens (primary N) is 1. The lowest BCUT2D eigenvalue weighted by molar-refractivity contribution is -0.122. The third kappa shape index (κ3) is 2.44. The molecule has 3 N–H and O–H groups in total. The highest BCUT2D eigenvalue weighted by molar-refractivity contribution is 5.97. The lowest BCUT2D eigenvalue weighted by Crippen LogP contribution is -2.34. The van der Waals surface area contributed by atoms with E-state index >= 15 is 0 Å². The Kier molecular flexibility index (Phi) is 3.49. The minimum atomic E-state index is -0.476. The SMILES string of the molecule is CC1Oc2ccc(C(N)CCC#N)cc2NC1=O. The van der Waals surface area contributed by atoms with Crippen LogP contribution in [0.4, 0.5) is 5.69 Å². The maximum Gasteiger partial charge on any atom is 0.265 e. The van der Waals surface area contributed by atoms with Gasteiger partial charge in [-0.1, -0.05) is 6.07 Å². The van der Waals surface area contributed by atoms with E-state index in [0.29, 0.717) is 24.3 Å². The number of nitrogens with zero attached hydrogens (tertiary/aromatic N) is 1. The van der Waals surface area contributed by atoms with E-state index in [1.165, 1.54) is 0 Å².